The summed E-state index contributed by atoms with van der Waals surface area (Å²) < 4.78 is 17.2. The van der Waals surface area contributed by atoms with Gasteiger partial charge in [0, 0.05) is 19.3 Å². The summed E-state index contributed by atoms with van der Waals surface area (Å²) in [6, 6.07) is -0.722. The van der Waals surface area contributed by atoms with E-state index < -0.39 is 18.1 Å². The van der Waals surface area contributed by atoms with Gasteiger partial charge in [-0.3, -0.25) is 9.59 Å². The third kappa shape index (κ3) is 41.2. The Morgan fingerprint density at radius 2 is 0.847 bits per heavy atom. The zero-order valence-electron chi connectivity index (χ0n) is 39.7. The third-order valence-corrected chi connectivity index (χ3v) is 11.7. The van der Waals surface area contributed by atoms with E-state index in [1.807, 2.05) is 0 Å². The van der Waals surface area contributed by atoms with Gasteiger partial charge in [0.1, 0.15) is 12.6 Å². The van der Waals surface area contributed by atoms with Gasteiger partial charge in [-0.05, 0) is 38.5 Å². The number of quaternary nitrogens is 1. The molecule has 0 heterocycles. The quantitative estimate of drug-likeness (QED) is 0.0260. The molecule has 0 rings (SSSR count). The maximum atomic E-state index is 12.8. The van der Waals surface area contributed by atoms with Crippen LogP contribution in [0.4, 0.5) is 0 Å². The van der Waals surface area contributed by atoms with Crippen molar-refractivity contribution in [3.05, 3.63) is 12.2 Å². The van der Waals surface area contributed by atoms with Crippen molar-refractivity contribution < 1.29 is 38.2 Å². The number of likely N-dealkylation sites (N-methyl/N-ethyl adjacent to an activating group) is 1. The zero-order valence-corrected chi connectivity index (χ0v) is 39.7. The van der Waals surface area contributed by atoms with Crippen LogP contribution in [0, 0.1) is 0 Å². The van der Waals surface area contributed by atoms with Gasteiger partial charge < -0.3 is 28.6 Å². The highest BCUT2D eigenvalue weighted by molar-refractivity contribution is 5.70. The largest absolute Gasteiger partial charge is 0.544 e. The molecule has 2 atom stereocenters. The highest BCUT2D eigenvalue weighted by Gasteiger charge is 2.25. The smallest absolute Gasteiger partial charge is 0.306 e. The van der Waals surface area contributed by atoms with Crippen molar-refractivity contribution in [1.82, 2.24) is 0 Å². The number of hydrogen-bond acceptors (Lipinski definition) is 7. The predicted octanol–water partition coefficient (Wildman–Crippen LogP) is 12.9. The first kappa shape index (κ1) is 57.1. The molecule has 59 heavy (non-hydrogen) atoms. The number of carbonyl (C=O) groups is 3. The van der Waals surface area contributed by atoms with Gasteiger partial charge in [0.05, 0.1) is 40.3 Å². The predicted molar refractivity (Wildman–Crippen MR) is 245 cm³/mol. The van der Waals surface area contributed by atoms with Crippen molar-refractivity contribution in [3.8, 4) is 0 Å². The number of hydrogen-bond donors (Lipinski definition) is 0. The van der Waals surface area contributed by atoms with E-state index in [2.05, 4.69) is 26.0 Å². The lowest BCUT2D eigenvalue weighted by molar-refractivity contribution is -0.889. The summed E-state index contributed by atoms with van der Waals surface area (Å²) in [5.41, 5.74) is 0. The van der Waals surface area contributed by atoms with Crippen LogP contribution in [0.15, 0.2) is 12.2 Å². The minimum atomic E-state index is -1.12. The van der Waals surface area contributed by atoms with Crippen LogP contribution in [0.2, 0.25) is 0 Å². The van der Waals surface area contributed by atoms with Gasteiger partial charge in [0.15, 0.2) is 6.10 Å². The summed E-state index contributed by atoms with van der Waals surface area (Å²) in [5, 5.41) is 11.6. The third-order valence-electron chi connectivity index (χ3n) is 11.7. The Hall–Kier alpha value is -1.93. The lowest BCUT2D eigenvalue weighted by atomic mass is 10.0. The molecule has 0 saturated heterocycles. The van der Waals surface area contributed by atoms with Crippen molar-refractivity contribution in [2.45, 2.75) is 257 Å². The van der Waals surface area contributed by atoms with Gasteiger partial charge >= 0.3 is 11.9 Å². The Kier molecular flexibility index (Phi) is 41.3. The molecule has 8 heteroatoms. The molecule has 0 aromatic heterocycles. The molecule has 0 bridgehead atoms. The van der Waals surface area contributed by atoms with E-state index in [1.54, 1.807) is 21.1 Å². The Morgan fingerprint density at radius 3 is 1.22 bits per heavy atom. The van der Waals surface area contributed by atoms with Gasteiger partial charge in [-0.15, -0.1) is 0 Å². The van der Waals surface area contributed by atoms with E-state index in [0.29, 0.717) is 12.8 Å². The van der Waals surface area contributed by atoms with Gasteiger partial charge in [-0.2, -0.15) is 0 Å². The number of unbranched alkanes of at least 4 members (excludes halogenated alkanes) is 30. The van der Waals surface area contributed by atoms with Crippen LogP contribution < -0.4 is 5.11 Å². The number of aliphatic carboxylic acids is 1. The molecule has 2 unspecified atom stereocenters. The molecule has 0 radical (unpaired) electrons. The highest BCUT2D eigenvalue weighted by atomic mass is 16.6. The number of rotatable bonds is 46. The average molecular weight is 836 g/mol. The van der Waals surface area contributed by atoms with Gasteiger partial charge in [0.2, 0.25) is 0 Å². The Morgan fingerprint density at radius 1 is 0.492 bits per heavy atom. The number of carboxylic acids is 1. The average Bonchev–Trinajstić information content (AvgIpc) is 3.19. The second-order valence-corrected chi connectivity index (χ2v) is 18.4. The number of ether oxygens (including phenoxy) is 3. The van der Waals surface area contributed by atoms with Crippen molar-refractivity contribution in [3.63, 3.8) is 0 Å². The van der Waals surface area contributed by atoms with Crippen LogP contribution in [-0.4, -0.2) is 75.5 Å². The lowest BCUT2D eigenvalue weighted by Gasteiger charge is -2.34. The van der Waals surface area contributed by atoms with Crippen molar-refractivity contribution in [2.24, 2.45) is 0 Å². The topological polar surface area (TPSA) is 102 Å². The molecule has 0 spiro atoms. The van der Waals surface area contributed by atoms with Crippen LogP contribution in [-0.2, 0) is 28.6 Å². The summed E-state index contributed by atoms with van der Waals surface area (Å²) in [7, 11) is 5.42. The minimum absolute atomic E-state index is 0.0448. The first-order valence-electron chi connectivity index (χ1n) is 25.2. The maximum Gasteiger partial charge on any atom is 0.306 e. The van der Waals surface area contributed by atoms with Crippen molar-refractivity contribution in [1.29, 1.82) is 0 Å². The van der Waals surface area contributed by atoms with E-state index in [9.17, 15) is 19.5 Å². The Bertz CT molecular complexity index is 978. The first-order chi connectivity index (χ1) is 28.6. The summed E-state index contributed by atoms with van der Waals surface area (Å²) >= 11 is 0. The molecule has 0 aliphatic carbocycles. The summed E-state index contributed by atoms with van der Waals surface area (Å²) in [6.07, 6.45) is 46.7. The van der Waals surface area contributed by atoms with Gasteiger partial charge in [0.25, 0.3) is 0 Å². The molecule has 0 amide bonds. The van der Waals surface area contributed by atoms with Crippen molar-refractivity contribution >= 4 is 17.9 Å². The molecule has 0 aliphatic rings. The molecular formula is C51H97NO7. The Labute approximate surface area is 365 Å². The van der Waals surface area contributed by atoms with Gasteiger partial charge in [-0.25, -0.2) is 0 Å². The van der Waals surface area contributed by atoms with E-state index in [0.717, 1.165) is 38.5 Å². The van der Waals surface area contributed by atoms with Crippen LogP contribution in [0.5, 0.6) is 0 Å². The molecule has 0 aliphatic heterocycles. The molecule has 0 N–H and O–H groups in total. The van der Waals surface area contributed by atoms with E-state index in [-0.39, 0.29) is 42.7 Å². The molecule has 0 aromatic rings. The van der Waals surface area contributed by atoms with Crippen molar-refractivity contribution in [2.75, 3.05) is 41.0 Å². The highest BCUT2D eigenvalue weighted by Crippen LogP contribution is 2.16. The van der Waals surface area contributed by atoms with Gasteiger partial charge in [-0.1, -0.05) is 199 Å². The second kappa shape index (κ2) is 42.7. The molecule has 0 saturated carbocycles. The number of nitrogens with zero attached hydrogens (tertiary/aromatic N) is 1. The summed E-state index contributed by atoms with van der Waals surface area (Å²) in [6.45, 7) is 4.69. The summed E-state index contributed by atoms with van der Waals surface area (Å²) in [5.74, 6) is -1.72. The van der Waals surface area contributed by atoms with E-state index >= 15 is 0 Å². The maximum absolute atomic E-state index is 12.8. The first-order valence-corrected chi connectivity index (χ1v) is 25.2. The van der Waals surface area contributed by atoms with E-state index in [4.69, 9.17) is 14.2 Å². The second-order valence-electron chi connectivity index (χ2n) is 18.4. The number of esters is 2. The molecular weight excluding hydrogens is 739 g/mol. The number of carbonyl (C=O) groups excluding carboxylic acids is 3. The fraction of sp³-hybridized carbons (Fsp3) is 0.902. The van der Waals surface area contributed by atoms with Crippen LogP contribution in [0.1, 0.15) is 245 Å². The lowest BCUT2D eigenvalue weighted by Crippen LogP contribution is -2.55. The number of allylic oxidation sites excluding steroid dienone is 2. The monoisotopic (exact) mass is 836 g/mol. The fourth-order valence-electron chi connectivity index (χ4n) is 7.71. The van der Waals surface area contributed by atoms with E-state index in [1.165, 1.54) is 173 Å². The molecule has 0 aromatic carbocycles. The van der Waals surface area contributed by atoms with Crippen LogP contribution >= 0.6 is 0 Å². The summed E-state index contributed by atoms with van der Waals surface area (Å²) in [4.78, 5) is 36.9. The van der Waals surface area contributed by atoms with Crippen LogP contribution in [0.25, 0.3) is 0 Å². The Balaban J connectivity index is 4.18. The standard InChI is InChI=1S/C51H97NO7/c1-6-8-10-12-14-16-18-20-21-22-23-24-25-26-27-28-29-30-32-34-36-38-40-42-50(54)59-47(45-57-44-43-48(51(55)56)52(3,4)5)46-58-49(53)41-39-37-35-33-31-19-17-15-13-11-9-7-2/h26-27,47-48H,6-25,28-46H2,1-5H3/b27-26+. The molecule has 348 valence electrons. The normalized spacial score (nSPS) is 12.9. The van der Waals surface area contributed by atoms with Crippen LogP contribution in [0.3, 0.4) is 0 Å². The number of carboxylic acid groups (broad SMARTS) is 1. The SMILES string of the molecule is CCCCCCCCCCCCCC/C=C/CCCCCCCCCC(=O)OC(COCCC(C(=O)[O-])[N+](C)(C)C)COC(=O)CCCCCCCCCCCCCC. The molecule has 0 fully saturated rings. The molecule has 8 nitrogen and oxygen atoms in total. The zero-order chi connectivity index (χ0) is 43.5. The minimum Gasteiger partial charge on any atom is -0.544 e. The fourth-order valence-corrected chi connectivity index (χ4v) is 7.71.